The molecule has 0 heterocycles. The summed E-state index contributed by atoms with van der Waals surface area (Å²) in [7, 11) is 0. The van der Waals surface area contributed by atoms with Crippen LogP contribution in [0.1, 0.15) is 34.7 Å². The fraction of sp³-hybridized carbons (Fsp3) is 0.250. The maximum Gasteiger partial charge on any atom is 0.416 e. The maximum absolute atomic E-state index is 12.9. The Morgan fingerprint density at radius 3 is 1.35 bits per heavy atom. The van der Waals surface area contributed by atoms with Crippen LogP contribution in [0.5, 0.6) is 0 Å². The minimum atomic E-state index is -4.42. The van der Waals surface area contributed by atoms with Gasteiger partial charge < -0.3 is 5.73 Å². The predicted molar refractivity (Wildman–Crippen MR) is 109 cm³/mol. The average molecular weight is 437 g/mol. The SMILES string of the molecule is CC(Cc1ccc(C(F)(F)F)cc1)(Cc1ccc(C(F)(F)F)cc1)c1ccccc1N. The molecule has 31 heavy (non-hydrogen) atoms. The monoisotopic (exact) mass is 437 g/mol. The van der Waals surface area contributed by atoms with Gasteiger partial charge in [-0.25, -0.2) is 0 Å². The van der Waals surface area contributed by atoms with E-state index in [-0.39, 0.29) is 0 Å². The van der Waals surface area contributed by atoms with Crippen molar-refractivity contribution in [3.63, 3.8) is 0 Å². The summed E-state index contributed by atoms with van der Waals surface area (Å²) >= 11 is 0. The molecule has 7 heteroatoms. The molecule has 164 valence electrons. The standard InChI is InChI=1S/C24H21F6N/c1-22(20-4-2-3-5-21(20)31,14-16-6-10-18(11-7-16)23(25,26)27)15-17-8-12-19(13-9-17)24(28,29)30/h2-13H,14-15,31H2,1H3. The average Bonchev–Trinajstić information content (AvgIpc) is 2.67. The van der Waals surface area contributed by atoms with Gasteiger partial charge in [0.2, 0.25) is 0 Å². The Kier molecular flexibility index (Phi) is 6.07. The number of benzene rings is 3. The zero-order valence-electron chi connectivity index (χ0n) is 16.7. The quantitative estimate of drug-likeness (QED) is 0.336. The van der Waals surface area contributed by atoms with Gasteiger partial charge in [0.1, 0.15) is 0 Å². The molecule has 0 unspecified atom stereocenters. The van der Waals surface area contributed by atoms with E-state index in [2.05, 4.69) is 0 Å². The second-order valence-electron chi connectivity index (χ2n) is 7.89. The van der Waals surface area contributed by atoms with E-state index in [0.717, 1.165) is 29.8 Å². The number of halogens is 6. The van der Waals surface area contributed by atoms with Crippen LogP contribution in [0, 0.1) is 0 Å². The van der Waals surface area contributed by atoms with Crippen molar-refractivity contribution < 1.29 is 26.3 Å². The molecule has 0 amide bonds. The molecule has 0 saturated carbocycles. The lowest BCUT2D eigenvalue weighted by atomic mass is 9.72. The van der Waals surface area contributed by atoms with E-state index in [1.54, 1.807) is 12.1 Å². The smallest absolute Gasteiger partial charge is 0.398 e. The predicted octanol–water partition coefficient (Wildman–Crippen LogP) is 7.05. The van der Waals surface area contributed by atoms with Crippen molar-refractivity contribution in [2.75, 3.05) is 5.73 Å². The van der Waals surface area contributed by atoms with E-state index in [4.69, 9.17) is 5.73 Å². The van der Waals surface area contributed by atoms with Gasteiger partial charge in [-0.3, -0.25) is 0 Å². The molecular weight excluding hydrogens is 416 g/mol. The van der Waals surface area contributed by atoms with Crippen molar-refractivity contribution in [3.8, 4) is 0 Å². The van der Waals surface area contributed by atoms with Crippen LogP contribution in [-0.2, 0) is 30.6 Å². The summed E-state index contributed by atoms with van der Waals surface area (Å²) in [6.07, 6.45) is -8.13. The van der Waals surface area contributed by atoms with E-state index < -0.39 is 28.9 Å². The second-order valence-corrected chi connectivity index (χ2v) is 7.89. The van der Waals surface area contributed by atoms with Gasteiger partial charge in [0.25, 0.3) is 0 Å². The Morgan fingerprint density at radius 1 is 0.613 bits per heavy atom. The molecule has 0 spiro atoms. The van der Waals surface area contributed by atoms with Gasteiger partial charge in [0.15, 0.2) is 0 Å². The highest BCUT2D eigenvalue weighted by Crippen LogP contribution is 2.37. The Labute approximate surface area is 176 Å². The lowest BCUT2D eigenvalue weighted by Gasteiger charge is -2.32. The molecule has 0 aliphatic heterocycles. The Balaban J connectivity index is 1.95. The van der Waals surface area contributed by atoms with Crippen LogP contribution in [0.2, 0.25) is 0 Å². The fourth-order valence-electron chi connectivity index (χ4n) is 3.82. The number of hydrogen-bond acceptors (Lipinski definition) is 1. The molecular formula is C24H21F6N. The summed E-state index contributed by atoms with van der Waals surface area (Å²) in [5.74, 6) is 0. The minimum Gasteiger partial charge on any atom is -0.398 e. The Morgan fingerprint density at radius 2 is 1.00 bits per heavy atom. The first kappa shape index (κ1) is 22.7. The summed E-state index contributed by atoms with van der Waals surface area (Å²) < 4.78 is 77.3. The molecule has 3 aromatic rings. The molecule has 0 bridgehead atoms. The lowest BCUT2D eigenvalue weighted by molar-refractivity contribution is -0.138. The number of para-hydroxylation sites is 1. The number of rotatable bonds is 5. The van der Waals surface area contributed by atoms with Crippen LogP contribution < -0.4 is 5.73 Å². The summed E-state index contributed by atoms with van der Waals surface area (Å²) in [5.41, 5.74) is 6.71. The zero-order valence-corrected chi connectivity index (χ0v) is 16.7. The van der Waals surface area contributed by atoms with Crippen molar-refractivity contribution in [2.24, 2.45) is 0 Å². The number of nitrogens with two attached hydrogens (primary N) is 1. The van der Waals surface area contributed by atoms with Gasteiger partial charge in [0.05, 0.1) is 11.1 Å². The number of hydrogen-bond donors (Lipinski definition) is 1. The van der Waals surface area contributed by atoms with Gasteiger partial charge >= 0.3 is 12.4 Å². The first-order chi connectivity index (χ1) is 14.4. The van der Waals surface area contributed by atoms with Crippen LogP contribution in [-0.4, -0.2) is 0 Å². The van der Waals surface area contributed by atoms with Crippen LogP contribution in [0.3, 0.4) is 0 Å². The van der Waals surface area contributed by atoms with Gasteiger partial charge in [-0.2, -0.15) is 26.3 Å². The third-order valence-electron chi connectivity index (χ3n) is 5.36. The molecule has 3 aromatic carbocycles. The fourth-order valence-corrected chi connectivity index (χ4v) is 3.82. The van der Waals surface area contributed by atoms with Gasteiger partial charge in [-0.15, -0.1) is 0 Å². The molecule has 0 aliphatic carbocycles. The first-order valence-electron chi connectivity index (χ1n) is 9.56. The molecule has 3 rings (SSSR count). The molecule has 0 atom stereocenters. The van der Waals surface area contributed by atoms with Gasteiger partial charge in [-0.05, 0) is 59.9 Å². The van der Waals surface area contributed by atoms with Crippen LogP contribution in [0.25, 0.3) is 0 Å². The molecule has 0 fully saturated rings. The Hall–Kier alpha value is -2.96. The number of alkyl halides is 6. The van der Waals surface area contributed by atoms with Crippen molar-refractivity contribution >= 4 is 5.69 Å². The highest BCUT2D eigenvalue weighted by molar-refractivity contribution is 5.52. The highest BCUT2D eigenvalue weighted by Gasteiger charge is 2.33. The van der Waals surface area contributed by atoms with E-state index in [1.165, 1.54) is 24.3 Å². The number of anilines is 1. The largest absolute Gasteiger partial charge is 0.416 e. The van der Waals surface area contributed by atoms with E-state index in [9.17, 15) is 26.3 Å². The van der Waals surface area contributed by atoms with Gasteiger partial charge in [0, 0.05) is 11.1 Å². The summed E-state index contributed by atoms with van der Waals surface area (Å²) in [6, 6.07) is 17.0. The molecule has 1 nitrogen and oxygen atoms in total. The molecule has 0 saturated heterocycles. The summed E-state index contributed by atoms with van der Waals surface area (Å²) in [4.78, 5) is 0. The summed E-state index contributed by atoms with van der Waals surface area (Å²) in [5, 5.41) is 0. The third kappa shape index (κ3) is 5.40. The second kappa shape index (κ2) is 8.29. The molecule has 0 radical (unpaired) electrons. The molecule has 2 N–H and O–H groups in total. The van der Waals surface area contributed by atoms with E-state index >= 15 is 0 Å². The van der Waals surface area contributed by atoms with Crippen molar-refractivity contribution in [1.29, 1.82) is 0 Å². The maximum atomic E-state index is 12.9. The Bertz CT molecular complexity index is 958. The zero-order chi connectivity index (χ0) is 22.9. The van der Waals surface area contributed by atoms with Crippen molar-refractivity contribution in [2.45, 2.75) is 37.5 Å². The topological polar surface area (TPSA) is 26.0 Å². The van der Waals surface area contributed by atoms with Crippen LogP contribution in [0.15, 0.2) is 72.8 Å². The molecule has 0 aliphatic rings. The number of nitrogen functional groups attached to an aromatic ring is 1. The van der Waals surface area contributed by atoms with Gasteiger partial charge in [-0.1, -0.05) is 49.4 Å². The van der Waals surface area contributed by atoms with Crippen LogP contribution >= 0.6 is 0 Å². The first-order valence-corrected chi connectivity index (χ1v) is 9.56. The minimum absolute atomic E-state index is 0.361. The normalized spacial score (nSPS) is 12.7. The van der Waals surface area contributed by atoms with E-state index in [0.29, 0.717) is 29.7 Å². The highest BCUT2D eigenvalue weighted by atomic mass is 19.4. The van der Waals surface area contributed by atoms with Crippen molar-refractivity contribution in [1.82, 2.24) is 0 Å². The van der Waals surface area contributed by atoms with E-state index in [1.807, 2.05) is 19.1 Å². The summed E-state index contributed by atoms with van der Waals surface area (Å²) in [6.45, 7) is 1.91. The molecule has 0 aromatic heterocycles. The van der Waals surface area contributed by atoms with Crippen molar-refractivity contribution in [3.05, 3.63) is 101 Å². The van der Waals surface area contributed by atoms with Crippen LogP contribution in [0.4, 0.5) is 32.0 Å². The lowest BCUT2D eigenvalue weighted by Crippen LogP contribution is -2.29. The third-order valence-corrected chi connectivity index (χ3v) is 5.36.